The molecule has 0 amide bonds. The summed E-state index contributed by atoms with van der Waals surface area (Å²) in [6.45, 7) is 1.82. The molecule has 16 heavy (non-hydrogen) atoms. The summed E-state index contributed by atoms with van der Waals surface area (Å²) in [5, 5.41) is 16.8. The molecule has 1 aromatic carbocycles. The van der Waals surface area contributed by atoms with Gasteiger partial charge in [-0.25, -0.2) is 4.98 Å². The zero-order valence-electron chi connectivity index (χ0n) is 8.36. The van der Waals surface area contributed by atoms with Gasteiger partial charge in [0.15, 0.2) is 0 Å². The average Bonchev–Trinajstić information content (AvgIpc) is 2.64. The van der Waals surface area contributed by atoms with Crippen LogP contribution in [0.4, 0.5) is 0 Å². The second-order valence-corrected chi connectivity index (χ2v) is 4.50. The van der Waals surface area contributed by atoms with Crippen LogP contribution in [0, 0.1) is 18.3 Å². The molecule has 0 saturated heterocycles. The molecule has 0 aliphatic heterocycles. The summed E-state index contributed by atoms with van der Waals surface area (Å²) in [7, 11) is 0. The van der Waals surface area contributed by atoms with Gasteiger partial charge in [0.2, 0.25) is 5.16 Å². The van der Waals surface area contributed by atoms with Crippen molar-refractivity contribution >= 4 is 23.4 Å². The summed E-state index contributed by atoms with van der Waals surface area (Å²) < 4.78 is 0. The van der Waals surface area contributed by atoms with Crippen LogP contribution in [0.5, 0.6) is 0 Å². The van der Waals surface area contributed by atoms with E-state index in [2.05, 4.69) is 21.3 Å². The van der Waals surface area contributed by atoms with E-state index in [1.807, 2.05) is 6.92 Å². The van der Waals surface area contributed by atoms with Crippen LogP contribution < -0.4 is 0 Å². The van der Waals surface area contributed by atoms with E-state index in [0.29, 0.717) is 15.7 Å². The predicted octanol–water partition coefficient (Wildman–Crippen LogP) is 2.79. The topological polar surface area (TPSA) is 65.4 Å². The fourth-order valence-corrected chi connectivity index (χ4v) is 2.26. The maximum atomic E-state index is 8.94. The Labute approximate surface area is 102 Å². The van der Waals surface area contributed by atoms with Crippen molar-refractivity contribution in [2.24, 2.45) is 0 Å². The maximum absolute atomic E-state index is 8.94. The van der Waals surface area contributed by atoms with Gasteiger partial charge in [-0.3, -0.25) is 5.10 Å². The Morgan fingerprint density at radius 1 is 1.50 bits per heavy atom. The van der Waals surface area contributed by atoms with E-state index < -0.39 is 0 Å². The van der Waals surface area contributed by atoms with Gasteiger partial charge in [-0.2, -0.15) is 5.26 Å². The molecule has 0 unspecified atom stereocenters. The zero-order chi connectivity index (χ0) is 11.5. The van der Waals surface area contributed by atoms with Crippen molar-refractivity contribution in [3.05, 3.63) is 34.6 Å². The standard InChI is InChI=1S/C10H7ClN4S/c1-6-13-10(15-14-6)16-9-4-8(11)3-2-7(9)5-12/h2-4H,1H3,(H,13,14,15). The molecule has 0 aliphatic rings. The second-order valence-electron chi connectivity index (χ2n) is 3.06. The minimum atomic E-state index is 0.567. The summed E-state index contributed by atoms with van der Waals surface area (Å²) in [5.74, 6) is 0.739. The molecule has 0 atom stereocenters. The lowest BCUT2D eigenvalue weighted by Crippen LogP contribution is -1.82. The molecule has 1 aromatic heterocycles. The quantitative estimate of drug-likeness (QED) is 0.890. The average molecular weight is 251 g/mol. The number of benzene rings is 1. The van der Waals surface area contributed by atoms with Crippen molar-refractivity contribution in [1.82, 2.24) is 15.2 Å². The minimum Gasteiger partial charge on any atom is -0.262 e. The molecule has 0 bridgehead atoms. The number of aromatic amines is 1. The second kappa shape index (κ2) is 4.56. The van der Waals surface area contributed by atoms with Crippen molar-refractivity contribution in [2.45, 2.75) is 17.0 Å². The number of halogens is 1. The van der Waals surface area contributed by atoms with E-state index in [1.165, 1.54) is 11.8 Å². The van der Waals surface area contributed by atoms with Gasteiger partial charge in [0.1, 0.15) is 11.9 Å². The number of hydrogen-bond donors (Lipinski definition) is 1. The normalized spacial score (nSPS) is 10.1. The smallest absolute Gasteiger partial charge is 0.213 e. The minimum absolute atomic E-state index is 0.567. The molecule has 0 saturated carbocycles. The first-order valence-electron chi connectivity index (χ1n) is 4.45. The summed E-state index contributed by atoms with van der Waals surface area (Å²) in [5.41, 5.74) is 0.567. The van der Waals surface area contributed by atoms with Crippen LogP contribution >= 0.6 is 23.4 Å². The molecule has 0 aliphatic carbocycles. The van der Waals surface area contributed by atoms with E-state index in [-0.39, 0.29) is 0 Å². The highest BCUT2D eigenvalue weighted by Crippen LogP contribution is 2.29. The summed E-state index contributed by atoms with van der Waals surface area (Å²) in [4.78, 5) is 4.91. The first kappa shape index (κ1) is 11.0. The zero-order valence-corrected chi connectivity index (χ0v) is 9.93. The third kappa shape index (κ3) is 2.35. The number of nitrogens with zero attached hydrogens (tertiary/aromatic N) is 3. The Balaban J connectivity index is 2.34. The number of H-pyrrole nitrogens is 1. The maximum Gasteiger partial charge on any atom is 0.213 e. The Bertz CT molecular complexity index is 558. The highest BCUT2D eigenvalue weighted by atomic mass is 35.5. The number of rotatable bonds is 2. The van der Waals surface area contributed by atoms with Crippen molar-refractivity contribution in [2.75, 3.05) is 0 Å². The largest absolute Gasteiger partial charge is 0.262 e. The van der Waals surface area contributed by atoms with Crippen molar-refractivity contribution < 1.29 is 0 Å². The number of aromatic nitrogens is 3. The molecular weight excluding hydrogens is 244 g/mol. The highest BCUT2D eigenvalue weighted by Gasteiger charge is 2.08. The molecule has 1 N–H and O–H groups in total. The Morgan fingerprint density at radius 3 is 2.94 bits per heavy atom. The van der Waals surface area contributed by atoms with Gasteiger partial charge in [-0.1, -0.05) is 11.6 Å². The molecule has 80 valence electrons. The lowest BCUT2D eigenvalue weighted by molar-refractivity contribution is 0.969. The van der Waals surface area contributed by atoms with Crippen LogP contribution in [0.25, 0.3) is 0 Å². The van der Waals surface area contributed by atoms with Gasteiger partial charge in [-0.05, 0) is 36.9 Å². The van der Waals surface area contributed by atoms with Gasteiger partial charge >= 0.3 is 0 Å². The van der Waals surface area contributed by atoms with Crippen LogP contribution in [-0.2, 0) is 0 Å². The molecular formula is C10H7ClN4S. The molecule has 6 heteroatoms. The Hall–Kier alpha value is -1.51. The lowest BCUT2D eigenvalue weighted by Gasteiger charge is -2.00. The van der Waals surface area contributed by atoms with Crippen LogP contribution in [0.2, 0.25) is 5.02 Å². The van der Waals surface area contributed by atoms with Gasteiger partial charge < -0.3 is 0 Å². The highest BCUT2D eigenvalue weighted by molar-refractivity contribution is 7.99. The summed E-state index contributed by atoms with van der Waals surface area (Å²) in [6, 6.07) is 7.21. The van der Waals surface area contributed by atoms with Gasteiger partial charge in [-0.15, -0.1) is 5.10 Å². The first-order valence-corrected chi connectivity index (χ1v) is 5.65. The number of nitriles is 1. The third-order valence-electron chi connectivity index (χ3n) is 1.84. The van der Waals surface area contributed by atoms with Gasteiger partial charge in [0.25, 0.3) is 0 Å². The monoisotopic (exact) mass is 250 g/mol. The SMILES string of the molecule is Cc1nc(Sc2cc(Cl)ccc2C#N)n[nH]1. The molecule has 1 heterocycles. The number of hydrogen-bond acceptors (Lipinski definition) is 4. The van der Waals surface area contributed by atoms with E-state index in [4.69, 9.17) is 16.9 Å². The van der Waals surface area contributed by atoms with E-state index in [9.17, 15) is 0 Å². The summed E-state index contributed by atoms with van der Waals surface area (Å²) in [6.07, 6.45) is 0. The number of aryl methyl sites for hydroxylation is 1. The molecule has 0 spiro atoms. The van der Waals surface area contributed by atoms with Crippen molar-refractivity contribution in [3.8, 4) is 6.07 Å². The van der Waals surface area contributed by atoms with Crippen molar-refractivity contribution in [1.29, 1.82) is 5.26 Å². The lowest BCUT2D eigenvalue weighted by atomic mass is 10.2. The molecule has 4 nitrogen and oxygen atoms in total. The predicted molar refractivity (Wildman–Crippen MR) is 61.4 cm³/mol. The van der Waals surface area contributed by atoms with Crippen LogP contribution in [0.15, 0.2) is 28.3 Å². The van der Waals surface area contributed by atoms with Gasteiger partial charge in [0.05, 0.1) is 5.56 Å². The van der Waals surface area contributed by atoms with Crippen molar-refractivity contribution in [3.63, 3.8) is 0 Å². The summed E-state index contributed by atoms with van der Waals surface area (Å²) >= 11 is 7.19. The van der Waals surface area contributed by atoms with Gasteiger partial charge in [0, 0.05) is 9.92 Å². The first-order chi connectivity index (χ1) is 7.69. The fourth-order valence-electron chi connectivity index (χ4n) is 1.14. The van der Waals surface area contributed by atoms with Crippen LogP contribution in [-0.4, -0.2) is 15.2 Å². The molecule has 2 aromatic rings. The number of nitrogens with one attached hydrogen (secondary N) is 1. The Kier molecular flexibility index (Phi) is 3.13. The van der Waals surface area contributed by atoms with E-state index in [0.717, 1.165) is 10.7 Å². The molecule has 0 radical (unpaired) electrons. The van der Waals surface area contributed by atoms with E-state index in [1.54, 1.807) is 18.2 Å². The molecule has 0 fully saturated rings. The van der Waals surface area contributed by atoms with E-state index >= 15 is 0 Å². The Morgan fingerprint density at radius 2 is 2.31 bits per heavy atom. The fraction of sp³-hybridized carbons (Fsp3) is 0.100. The third-order valence-corrected chi connectivity index (χ3v) is 3.00. The van der Waals surface area contributed by atoms with Crippen LogP contribution in [0.3, 0.4) is 0 Å². The molecule has 2 rings (SSSR count). The van der Waals surface area contributed by atoms with Crippen LogP contribution in [0.1, 0.15) is 11.4 Å².